The zero-order chi connectivity index (χ0) is 18.7. The fourth-order valence-electron chi connectivity index (χ4n) is 2.86. The van der Waals surface area contributed by atoms with Gasteiger partial charge in [0.15, 0.2) is 17.3 Å². The van der Waals surface area contributed by atoms with Crippen LogP contribution in [0.25, 0.3) is 6.08 Å². The number of ketones is 1. The van der Waals surface area contributed by atoms with Crippen molar-refractivity contribution in [2.75, 3.05) is 18.6 Å². The number of aromatic hydroxyl groups is 1. The van der Waals surface area contributed by atoms with Crippen LogP contribution in [0.4, 0.5) is 5.69 Å². The third kappa shape index (κ3) is 3.73. The molecule has 26 heavy (non-hydrogen) atoms. The van der Waals surface area contributed by atoms with Gasteiger partial charge in [-0.1, -0.05) is 29.8 Å². The summed E-state index contributed by atoms with van der Waals surface area (Å²) in [5.41, 5.74) is 1.86. The van der Waals surface area contributed by atoms with Crippen molar-refractivity contribution in [2.24, 2.45) is 0 Å². The molecule has 2 aromatic carbocycles. The van der Waals surface area contributed by atoms with Crippen molar-refractivity contribution in [1.29, 1.82) is 0 Å². The molecule has 1 heterocycles. The van der Waals surface area contributed by atoms with Crippen LogP contribution < -0.4 is 9.64 Å². The molecule has 6 heteroatoms. The van der Waals surface area contributed by atoms with Crippen molar-refractivity contribution in [1.82, 2.24) is 0 Å². The molecule has 0 spiro atoms. The molecule has 1 aliphatic heterocycles. The first-order valence-corrected chi connectivity index (χ1v) is 8.56. The first-order valence-electron chi connectivity index (χ1n) is 8.19. The van der Waals surface area contributed by atoms with Crippen LogP contribution in [0.3, 0.4) is 0 Å². The number of phenolic OH excluding ortho intramolecular Hbond substituents is 1. The Balaban J connectivity index is 1.81. The second kappa shape index (κ2) is 7.62. The van der Waals surface area contributed by atoms with Crippen molar-refractivity contribution in [3.05, 3.63) is 58.6 Å². The van der Waals surface area contributed by atoms with E-state index in [1.165, 1.54) is 13.2 Å². The number of anilines is 1. The number of phenols is 1. The monoisotopic (exact) mass is 371 g/mol. The summed E-state index contributed by atoms with van der Waals surface area (Å²) < 4.78 is 5.05. The molecule has 0 aromatic heterocycles. The molecule has 1 N–H and O–H groups in total. The first kappa shape index (κ1) is 18.0. The largest absolute Gasteiger partial charge is 0.503 e. The quantitative estimate of drug-likeness (QED) is 0.635. The smallest absolute Gasteiger partial charge is 0.227 e. The summed E-state index contributed by atoms with van der Waals surface area (Å²) in [7, 11) is 1.43. The fraction of sp³-hybridized carbons (Fsp3) is 0.200. The van der Waals surface area contributed by atoms with E-state index in [1.54, 1.807) is 41.3 Å². The van der Waals surface area contributed by atoms with E-state index >= 15 is 0 Å². The average molecular weight is 372 g/mol. The number of methoxy groups -OCH3 is 1. The van der Waals surface area contributed by atoms with Crippen LogP contribution in [0.15, 0.2) is 42.5 Å². The topological polar surface area (TPSA) is 66.8 Å². The van der Waals surface area contributed by atoms with Crippen LogP contribution >= 0.6 is 11.6 Å². The molecule has 3 rings (SSSR count). The van der Waals surface area contributed by atoms with Crippen LogP contribution in [0, 0.1) is 0 Å². The number of carbonyl (C=O) groups is 2. The third-order valence-electron chi connectivity index (χ3n) is 4.21. The molecule has 1 amide bonds. The predicted molar refractivity (Wildman–Crippen MR) is 101 cm³/mol. The van der Waals surface area contributed by atoms with Gasteiger partial charge in [-0.2, -0.15) is 0 Å². The number of amides is 1. The van der Waals surface area contributed by atoms with Crippen LogP contribution in [-0.4, -0.2) is 30.5 Å². The second-order valence-corrected chi connectivity index (χ2v) is 6.36. The minimum atomic E-state index is -0.193. The number of carbonyl (C=O) groups excluding carboxylic acids is 2. The van der Waals surface area contributed by atoms with Gasteiger partial charge in [0, 0.05) is 24.2 Å². The maximum Gasteiger partial charge on any atom is 0.227 e. The number of allylic oxidation sites excluding steroid dienone is 1. The molecule has 5 nitrogen and oxygen atoms in total. The van der Waals surface area contributed by atoms with Crippen molar-refractivity contribution in [3.8, 4) is 11.5 Å². The minimum absolute atomic E-state index is 0.0796. The molecule has 0 saturated carbocycles. The van der Waals surface area contributed by atoms with Crippen molar-refractivity contribution >= 4 is 35.1 Å². The van der Waals surface area contributed by atoms with E-state index in [2.05, 4.69) is 0 Å². The Labute approximate surface area is 156 Å². The van der Waals surface area contributed by atoms with Crippen molar-refractivity contribution in [3.63, 3.8) is 0 Å². The summed E-state index contributed by atoms with van der Waals surface area (Å²) in [5, 5.41) is 9.90. The number of rotatable bonds is 5. The van der Waals surface area contributed by atoms with Crippen molar-refractivity contribution < 1.29 is 19.4 Å². The van der Waals surface area contributed by atoms with Gasteiger partial charge in [0.05, 0.1) is 12.1 Å². The standard InChI is InChI=1S/C20H18ClNO4/c1-26-18-11-13(10-16(21)20(18)25)7-8-17(23)14-4-2-5-15(12-14)22-9-3-6-19(22)24/h2,4-5,7-8,10-12,25H,3,6,9H2,1H3. The van der Waals surface area contributed by atoms with Gasteiger partial charge in [-0.15, -0.1) is 0 Å². The van der Waals surface area contributed by atoms with E-state index in [0.717, 1.165) is 12.1 Å². The molecular weight excluding hydrogens is 354 g/mol. The summed E-state index contributed by atoms with van der Waals surface area (Å²) in [4.78, 5) is 26.0. The van der Waals surface area contributed by atoms with Gasteiger partial charge < -0.3 is 14.7 Å². The molecule has 1 aliphatic rings. The first-order chi connectivity index (χ1) is 12.5. The lowest BCUT2D eigenvalue weighted by atomic mass is 10.1. The van der Waals surface area contributed by atoms with Gasteiger partial charge in [-0.25, -0.2) is 0 Å². The number of hydrogen-bond acceptors (Lipinski definition) is 4. The number of benzene rings is 2. The van der Waals surface area contributed by atoms with E-state index in [9.17, 15) is 14.7 Å². The molecule has 2 aromatic rings. The molecule has 134 valence electrons. The fourth-order valence-corrected chi connectivity index (χ4v) is 3.08. The summed E-state index contributed by atoms with van der Waals surface area (Å²) in [6.45, 7) is 0.679. The maximum absolute atomic E-state index is 12.5. The van der Waals surface area contributed by atoms with Crippen LogP contribution in [0.5, 0.6) is 11.5 Å². The van der Waals surface area contributed by atoms with E-state index < -0.39 is 0 Å². The molecule has 0 unspecified atom stereocenters. The minimum Gasteiger partial charge on any atom is -0.503 e. The molecule has 0 bridgehead atoms. The second-order valence-electron chi connectivity index (χ2n) is 5.95. The lowest BCUT2D eigenvalue weighted by Gasteiger charge is -2.16. The van der Waals surface area contributed by atoms with Crippen LogP contribution in [-0.2, 0) is 4.79 Å². The Morgan fingerprint density at radius 1 is 1.31 bits per heavy atom. The van der Waals surface area contributed by atoms with E-state index in [1.807, 2.05) is 6.07 Å². The molecule has 1 saturated heterocycles. The Bertz CT molecular complexity index is 891. The van der Waals surface area contributed by atoms with Crippen LogP contribution in [0.2, 0.25) is 5.02 Å². The van der Waals surface area contributed by atoms with Gasteiger partial charge in [-0.05, 0) is 42.3 Å². The van der Waals surface area contributed by atoms with E-state index in [0.29, 0.717) is 24.1 Å². The summed E-state index contributed by atoms with van der Waals surface area (Å²) in [6.07, 6.45) is 4.40. The van der Waals surface area contributed by atoms with Gasteiger partial charge >= 0.3 is 0 Å². The third-order valence-corrected chi connectivity index (χ3v) is 4.50. The Hall–Kier alpha value is -2.79. The van der Waals surface area contributed by atoms with E-state index in [4.69, 9.17) is 16.3 Å². The molecule has 0 atom stereocenters. The number of hydrogen-bond donors (Lipinski definition) is 1. The van der Waals surface area contributed by atoms with Crippen LogP contribution in [0.1, 0.15) is 28.8 Å². The highest BCUT2D eigenvalue weighted by Crippen LogP contribution is 2.35. The zero-order valence-electron chi connectivity index (χ0n) is 14.2. The highest BCUT2D eigenvalue weighted by atomic mass is 35.5. The number of nitrogens with zero attached hydrogens (tertiary/aromatic N) is 1. The average Bonchev–Trinajstić information content (AvgIpc) is 3.08. The molecular formula is C20H18ClNO4. The van der Waals surface area contributed by atoms with E-state index in [-0.39, 0.29) is 28.2 Å². The van der Waals surface area contributed by atoms with Crippen molar-refractivity contribution in [2.45, 2.75) is 12.8 Å². The summed E-state index contributed by atoms with van der Waals surface area (Å²) in [5.74, 6) is -0.0163. The zero-order valence-corrected chi connectivity index (χ0v) is 15.0. The van der Waals surface area contributed by atoms with Gasteiger partial charge in [-0.3, -0.25) is 9.59 Å². The Kier molecular flexibility index (Phi) is 5.28. The normalized spacial score (nSPS) is 14.2. The molecule has 0 radical (unpaired) electrons. The van der Waals surface area contributed by atoms with Gasteiger partial charge in [0.1, 0.15) is 0 Å². The lowest BCUT2D eigenvalue weighted by Crippen LogP contribution is -2.23. The predicted octanol–water partition coefficient (Wildman–Crippen LogP) is 4.08. The number of halogens is 1. The summed E-state index contributed by atoms with van der Waals surface area (Å²) >= 11 is 5.95. The van der Waals surface area contributed by atoms with Gasteiger partial charge in [0.2, 0.25) is 5.91 Å². The molecule has 1 fully saturated rings. The summed E-state index contributed by atoms with van der Waals surface area (Å²) in [6, 6.07) is 10.2. The Morgan fingerprint density at radius 3 is 2.81 bits per heavy atom. The maximum atomic E-state index is 12.5. The SMILES string of the molecule is COc1cc(C=CC(=O)c2cccc(N3CCCC3=O)c2)cc(Cl)c1O. The lowest BCUT2D eigenvalue weighted by molar-refractivity contribution is -0.117. The Morgan fingerprint density at radius 2 is 2.12 bits per heavy atom. The number of ether oxygens (including phenoxy) is 1. The molecule has 0 aliphatic carbocycles. The van der Waals surface area contributed by atoms with Gasteiger partial charge in [0.25, 0.3) is 0 Å². The highest BCUT2D eigenvalue weighted by Gasteiger charge is 2.22. The highest BCUT2D eigenvalue weighted by molar-refractivity contribution is 6.32.